The molecule has 9 heteroatoms. The lowest BCUT2D eigenvalue weighted by Gasteiger charge is -2.43. The smallest absolute Gasteiger partial charge is 0.421 e. The highest BCUT2D eigenvalue weighted by Gasteiger charge is 2.56. The van der Waals surface area contributed by atoms with E-state index in [2.05, 4.69) is 4.98 Å². The fourth-order valence-electron chi connectivity index (χ4n) is 4.47. The first kappa shape index (κ1) is 23.6. The van der Waals surface area contributed by atoms with Gasteiger partial charge in [0.05, 0.1) is 6.61 Å². The van der Waals surface area contributed by atoms with Gasteiger partial charge in [-0.25, -0.2) is 14.5 Å². The number of carbonyl (C=O) groups is 2. The van der Waals surface area contributed by atoms with Gasteiger partial charge in [-0.1, -0.05) is 48.5 Å². The molecule has 1 aromatic heterocycles. The summed E-state index contributed by atoms with van der Waals surface area (Å²) < 4.78 is 23.0. The summed E-state index contributed by atoms with van der Waals surface area (Å²) in [5.41, 5.74) is 1.28. The number of piperidine rings is 1. The van der Waals surface area contributed by atoms with E-state index in [4.69, 9.17) is 18.9 Å². The highest BCUT2D eigenvalue weighted by Crippen LogP contribution is 2.39. The zero-order chi connectivity index (χ0) is 25.0. The Morgan fingerprint density at radius 1 is 0.889 bits per heavy atom. The summed E-state index contributed by atoms with van der Waals surface area (Å²) in [6, 6.07) is 20.7. The van der Waals surface area contributed by atoms with Gasteiger partial charge in [0.15, 0.2) is 11.5 Å². The summed E-state index contributed by atoms with van der Waals surface area (Å²) in [4.78, 5) is 40.5. The molecule has 0 amide bonds. The molecule has 1 spiro atoms. The Morgan fingerprint density at radius 2 is 1.58 bits per heavy atom. The number of hydrogen-bond donors (Lipinski definition) is 1. The number of aromatic nitrogens is 1. The first-order valence-electron chi connectivity index (χ1n) is 11.8. The zero-order valence-corrected chi connectivity index (χ0v) is 19.6. The topological polar surface area (TPSA) is 107 Å². The highest BCUT2D eigenvalue weighted by atomic mass is 16.8. The average molecular weight is 491 g/mol. The minimum Gasteiger partial charge on any atom is -0.489 e. The van der Waals surface area contributed by atoms with E-state index >= 15 is 0 Å². The van der Waals surface area contributed by atoms with E-state index in [1.165, 1.54) is 0 Å². The molecule has 186 valence electrons. The number of pyridine rings is 1. The molecule has 3 heterocycles. The molecule has 1 atom stereocenters. The van der Waals surface area contributed by atoms with Crippen molar-refractivity contribution >= 4 is 11.9 Å². The molecule has 2 aliphatic rings. The van der Waals surface area contributed by atoms with Crippen LogP contribution in [-0.4, -0.2) is 40.9 Å². The molecular weight excluding hydrogens is 464 g/mol. The van der Waals surface area contributed by atoms with Crippen molar-refractivity contribution in [1.82, 2.24) is 9.88 Å². The highest BCUT2D eigenvalue weighted by molar-refractivity contribution is 6.31. The van der Waals surface area contributed by atoms with E-state index in [0.717, 1.165) is 5.56 Å². The standard InChI is InChI=1S/C27H26N2O7/c30-24-21(9-6-13-28-24)16-29-14-12-20(15-27(29)35-25(31)26(32)36-27)18-34-23-11-5-4-10-22(23)33-17-19-7-2-1-3-8-19/h1-11,13,20H,12,14-18H2,(H,28,30). The SMILES string of the molecule is O=C1OC2(CC(COc3ccccc3OCc3ccccc3)CCN2Cc2ccc[nH]c2=O)OC1=O. The normalized spacial score (nSPS) is 19.1. The van der Waals surface area contributed by atoms with E-state index in [0.29, 0.717) is 43.2 Å². The molecule has 2 aromatic carbocycles. The molecule has 0 aliphatic carbocycles. The zero-order valence-electron chi connectivity index (χ0n) is 19.6. The third-order valence-corrected chi connectivity index (χ3v) is 6.33. The number of likely N-dealkylation sites (tertiary alicyclic amines) is 1. The molecule has 1 unspecified atom stereocenters. The Labute approximate surface area is 207 Å². The number of para-hydroxylation sites is 2. The van der Waals surface area contributed by atoms with E-state index < -0.39 is 17.8 Å². The van der Waals surface area contributed by atoms with Crippen molar-refractivity contribution in [1.29, 1.82) is 0 Å². The van der Waals surface area contributed by atoms with Crippen LogP contribution in [0.5, 0.6) is 11.5 Å². The summed E-state index contributed by atoms with van der Waals surface area (Å²) in [6.45, 7) is 1.32. The summed E-state index contributed by atoms with van der Waals surface area (Å²) >= 11 is 0. The second-order valence-electron chi connectivity index (χ2n) is 8.83. The number of ether oxygens (including phenoxy) is 4. The average Bonchev–Trinajstić information content (AvgIpc) is 3.18. The third kappa shape index (κ3) is 5.11. The van der Waals surface area contributed by atoms with Gasteiger partial charge >= 0.3 is 17.8 Å². The monoisotopic (exact) mass is 490 g/mol. The number of aromatic amines is 1. The predicted molar refractivity (Wildman–Crippen MR) is 128 cm³/mol. The Hall–Kier alpha value is -4.11. The molecule has 1 N–H and O–H groups in total. The van der Waals surface area contributed by atoms with Crippen LogP contribution in [0, 0.1) is 5.92 Å². The van der Waals surface area contributed by atoms with Crippen molar-refractivity contribution < 1.29 is 28.5 Å². The molecule has 5 rings (SSSR count). The van der Waals surface area contributed by atoms with E-state index in [1.54, 1.807) is 23.2 Å². The van der Waals surface area contributed by atoms with Crippen molar-refractivity contribution in [2.75, 3.05) is 13.2 Å². The van der Waals surface area contributed by atoms with Crippen LogP contribution in [0.25, 0.3) is 0 Å². The minimum absolute atomic E-state index is 0.0730. The number of benzene rings is 2. The molecular formula is C27H26N2O7. The van der Waals surface area contributed by atoms with Crippen LogP contribution >= 0.6 is 0 Å². The maximum Gasteiger partial charge on any atom is 0.421 e. The van der Waals surface area contributed by atoms with Crippen molar-refractivity contribution in [2.45, 2.75) is 31.9 Å². The fourth-order valence-corrected chi connectivity index (χ4v) is 4.47. The van der Waals surface area contributed by atoms with E-state index in [-0.39, 0.29) is 24.4 Å². The fraction of sp³-hybridized carbons (Fsp3) is 0.296. The van der Waals surface area contributed by atoms with Gasteiger partial charge in [-0.2, -0.15) is 0 Å². The lowest BCUT2D eigenvalue weighted by molar-refractivity contribution is -0.275. The summed E-state index contributed by atoms with van der Waals surface area (Å²) in [6.07, 6.45) is 2.46. The Balaban J connectivity index is 1.26. The minimum atomic E-state index is -1.56. The van der Waals surface area contributed by atoms with Crippen molar-refractivity contribution in [3.8, 4) is 11.5 Å². The second kappa shape index (κ2) is 10.2. The van der Waals surface area contributed by atoms with Crippen LogP contribution in [0.2, 0.25) is 0 Å². The second-order valence-corrected chi connectivity index (χ2v) is 8.83. The van der Waals surface area contributed by atoms with E-state index in [9.17, 15) is 14.4 Å². The predicted octanol–water partition coefficient (Wildman–Crippen LogP) is 3.00. The molecule has 36 heavy (non-hydrogen) atoms. The molecule has 3 aromatic rings. The molecule has 0 radical (unpaired) electrons. The van der Waals surface area contributed by atoms with Gasteiger partial charge < -0.3 is 23.9 Å². The largest absolute Gasteiger partial charge is 0.489 e. The third-order valence-electron chi connectivity index (χ3n) is 6.33. The van der Waals surface area contributed by atoms with Crippen molar-refractivity contribution in [3.63, 3.8) is 0 Å². The van der Waals surface area contributed by atoms with E-state index in [1.807, 2.05) is 54.6 Å². The Bertz CT molecular complexity index is 1270. The first-order chi connectivity index (χ1) is 17.5. The van der Waals surface area contributed by atoms with Gasteiger partial charge in [-0.3, -0.25) is 4.79 Å². The van der Waals surface area contributed by atoms with Gasteiger partial charge in [0.1, 0.15) is 6.61 Å². The van der Waals surface area contributed by atoms with Crippen molar-refractivity contribution in [2.24, 2.45) is 5.92 Å². The number of esters is 2. The van der Waals surface area contributed by atoms with Crippen LogP contribution in [0.15, 0.2) is 77.7 Å². The number of H-pyrrole nitrogens is 1. The van der Waals surface area contributed by atoms with Gasteiger partial charge in [-0.15, -0.1) is 0 Å². The Morgan fingerprint density at radius 3 is 2.31 bits per heavy atom. The van der Waals surface area contributed by atoms with Crippen LogP contribution < -0.4 is 15.0 Å². The summed E-state index contributed by atoms with van der Waals surface area (Å²) in [7, 11) is 0. The molecule has 9 nitrogen and oxygen atoms in total. The quantitative estimate of drug-likeness (QED) is 0.379. The van der Waals surface area contributed by atoms with Crippen LogP contribution in [0.3, 0.4) is 0 Å². The van der Waals surface area contributed by atoms with Crippen LogP contribution in [0.4, 0.5) is 0 Å². The number of hydrogen-bond acceptors (Lipinski definition) is 8. The number of nitrogens with zero attached hydrogens (tertiary/aromatic N) is 1. The summed E-state index contributed by atoms with van der Waals surface area (Å²) in [5, 5.41) is 0. The van der Waals surface area contributed by atoms with Gasteiger partial charge in [0.25, 0.3) is 5.56 Å². The first-order valence-corrected chi connectivity index (χ1v) is 11.8. The van der Waals surface area contributed by atoms with Gasteiger partial charge in [-0.05, 0) is 30.2 Å². The van der Waals surface area contributed by atoms with Crippen molar-refractivity contribution in [3.05, 3.63) is 94.4 Å². The lowest BCUT2D eigenvalue weighted by atomic mass is 9.94. The summed E-state index contributed by atoms with van der Waals surface area (Å²) in [5.74, 6) is -2.49. The van der Waals surface area contributed by atoms with Crippen LogP contribution in [0.1, 0.15) is 24.0 Å². The maximum absolute atomic E-state index is 12.2. The molecule has 0 bridgehead atoms. The molecule has 2 saturated heterocycles. The maximum atomic E-state index is 12.2. The van der Waals surface area contributed by atoms with Gasteiger partial charge in [0.2, 0.25) is 0 Å². The molecule has 0 saturated carbocycles. The van der Waals surface area contributed by atoms with Crippen LogP contribution in [-0.2, 0) is 32.2 Å². The molecule has 2 aliphatic heterocycles. The van der Waals surface area contributed by atoms with Gasteiger partial charge in [0, 0.05) is 37.2 Å². The Kier molecular flexibility index (Phi) is 6.73. The number of nitrogens with one attached hydrogen (secondary N) is 1. The number of carbonyl (C=O) groups excluding carboxylic acids is 2. The molecule has 2 fully saturated rings. The lowest BCUT2D eigenvalue weighted by Crippen LogP contribution is -2.55. The number of rotatable bonds is 8.